The van der Waals surface area contributed by atoms with E-state index in [4.69, 9.17) is 0 Å². The second-order valence-corrected chi connectivity index (χ2v) is 15.2. The fourth-order valence-electron chi connectivity index (χ4n) is 10.2. The fraction of sp³-hybridized carbons (Fsp3) is 0.0769. The molecule has 8 aromatic rings. The van der Waals surface area contributed by atoms with E-state index >= 15 is 0 Å². The highest BCUT2D eigenvalue weighted by atomic mass is 15.1. The predicted molar refractivity (Wildman–Crippen MR) is 220 cm³/mol. The predicted octanol–water partition coefficient (Wildman–Crippen LogP) is 13.5. The Morgan fingerprint density at radius 3 is 1.34 bits per heavy atom. The zero-order valence-corrected chi connectivity index (χ0v) is 29.8. The number of nitrogens with zero attached hydrogens (tertiary/aromatic N) is 1. The van der Waals surface area contributed by atoms with Gasteiger partial charge in [0.25, 0.3) is 0 Å². The van der Waals surface area contributed by atoms with Crippen molar-refractivity contribution in [1.29, 1.82) is 0 Å². The molecule has 8 aromatic carbocycles. The lowest BCUT2D eigenvalue weighted by Crippen LogP contribution is -2.28. The molecule has 0 saturated heterocycles. The molecule has 1 heteroatoms. The minimum absolute atomic E-state index is 0.0843. The quantitative estimate of drug-likeness (QED) is 0.179. The van der Waals surface area contributed by atoms with Crippen LogP contribution in [0.15, 0.2) is 188 Å². The summed E-state index contributed by atoms with van der Waals surface area (Å²) in [5, 5.41) is 0. The average Bonchev–Trinajstić information content (AvgIpc) is 3.78. The van der Waals surface area contributed by atoms with Gasteiger partial charge in [-0.25, -0.2) is 0 Å². The standard InChI is InChI=1S/C52H37N/c1-51(2)44-25-10-6-20-40(44)42-23-14-22-37(49(42)51)34-30-32-36(33-31-34)53(35-16-4-3-5-17-35)48-29-15-24-43-41-21-9-13-28-47(41)52(50(43)48)45-26-11-7-18-38(45)39-19-8-12-27-46(39)52/h3-33H,1-2H3. The number of hydrogen-bond acceptors (Lipinski definition) is 1. The van der Waals surface area contributed by atoms with Gasteiger partial charge in [-0.15, -0.1) is 0 Å². The van der Waals surface area contributed by atoms with Gasteiger partial charge in [0.05, 0.1) is 11.1 Å². The molecule has 3 aliphatic rings. The third-order valence-electron chi connectivity index (χ3n) is 12.3. The van der Waals surface area contributed by atoms with E-state index in [2.05, 4.69) is 207 Å². The monoisotopic (exact) mass is 675 g/mol. The molecule has 0 amide bonds. The Morgan fingerprint density at radius 2 is 0.736 bits per heavy atom. The number of anilines is 3. The van der Waals surface area contributed by atoms with Crippen molar-refractivity contribution >= 4 is 17.1 Å². The van der Waals surface area contributed by atoms with E-state index in [9.17, 15) is 0 Å². The van der Waals surface area contributed by atoms with Crippen LogP contribution in [-0.4, -0.2) is 0 Å². The summed E-state index contributed by atoms with van der Waals surface area (Å²) < 4.78 is 0. The van der Waals surface area contributed by atoms with E-state index < -0.39 is 5.41 Å². The maximum absolute atomic E-state index is 2.48. The van der Waals surface area contributed by atoms with Gasteiger partial charge in [-0.05, 0) is 103 Å². The average molecular weight is 676 g/mol. The second-order valence-electron chi connectivity index (χ2n) is 15.2. The first kappa shape index (κ1) is 30.2. The number of benzene rings is 8. The summed E-state index contributed by atoms with van der Waals surface area (Å²) in [5.74, 6) is 0. The van der Waals surface area contributed by atoms with E-state index in [1.54, 1.807) is 0 Å². The Balaban J connectivity index is 1.14. The summed E-state index contributed by atoms with van der Waals surface area (Å²) in [6, 6.07) is 70.0. The molecule has 53 heavy (non-hydrogen) atoms. The van der Waals surface area contributed by atoms with Gasteiger partial charge in [0.15, 0.2) is 0 Å². The SMILES string of the molecule is CC1(C)c2ccccc2-c2cccc(-c3ccc(N(c4ccccc4)c4cccc5c4C4(c6ccccc6-c6ccccc64)c4ccccc4-5)cc3)c21. The highest BCUT2D eigenvalue weighted by Gasteiger charge is 2.53. The summed E-state index contributed by atoms with van der Waals surface area (Å²) in [5.41, 5.74) is 21.6. The number of rotatable bonds is 4. The molecule has 250 valence electrons. The molecule has 0 saturated carbocycles. The lowest BCUT2D eigenvalue weighted by atomic mass is 9.70. The first-order valence-corrected chi connectivity index (χ1v) is 18.7. The first-order chi connectivity index (χ1) is 26.1. The number of fused-ring (bicyclic) bond motifs is 13. The topological polar surface area (TPSA) is 3.24 Å². The summed E-state index contributed by atoms with van der Waals surface area (Å²) in [6.45, 7) is 4.74. The zero-order valence-electron chi connectivity index (χ0n) is 29.8. The highest BCUT2D eigenvalue weighted by molar-refractivity contribution is 5.99. The molecule has 0 aliphatic heterocycles. The van der Waals surface area contributed by atoms with E-state index in [0.717, 1.165) is 11.4 Å². The fourth-order valence-corrected chi connectivity index (χ4v) is 10.2. The molecule has 0 unspecified atom stereocenters. The Kier molecular flexibility index (Phi) is 6.29. The van der Waals surface area contributed by atoms with Crippen LogP contribution in [0.2, 0.25) is 0 Å². The van der Waals surface area contributed by atoms with E-state index in [1.165, 1.54) is 83.6 Å². The maximum Gasteiger partial charge on any atom is 0.0746 e. The van der Waals surface area contributed by atoms with Crippen molar-refractivity contribution in [3.8, 4) is 44.5 Å². The Bertz CT molecular complexity index is 2690. The Hall–Kier alpha value is -6.44. The van der Waals surface area contributed by atoms with Crippen LogP contribution in [0, 0.1) is 0 Å². The van der Waals surface area contributed by atoms with Crippen molar-refractivity contribution in [2.24, 2.45) is 0 Å². The van der Waals surface area contributed by atoms with Crippen molar-refractivity contribution in [2.45, 2.75) is 24.7 Å². The van der Waals surface area contributed by atoms with Crippen molar-refractivity contribution in [1.82, 2.24) is 0 Å². The van der Waals surface area contributed by atoms with Crippen molar-refractivity contribution in [3.05, 3.63) is 221 Å². The molecule has 0 aromatic heterocycles. The van der Waals surface area contributed by atoms with Crippen LogP contribution in [0.4, 0.5) is 17.1 Å². The normalized spacial score (nSPS) is 14.5. The van der Waals surface area contributed by atoms with Gasteiger partial charge in [-0.1, -0.05) is 172 Å². The summed E-state index contributed by atoms with van der Waals surface area (Å²) in [7, 11) is 0. The zero-order chi connectivity index (χ0) is 35.3. The van der Waals surface area contributed by atoms with Crippen LogP contribution in [-0.2, 0) is 10.8 Å². The van der Waals surface area contributed by atoms with Crippen LogP contribution in [0.5, 0.6) is 0 Å². The molecule has 3 aliphatic carbocycles. The van der Waals surface area contributed by atoms with Crippen molar-refractivity contribution < 1.29 is 0 Å². The highest BCUT2D eigenvalue weighted by Crippen LogP contribution is 2.65. The minimum Gasteiger partial charge on any atom is -0.310 e. The largest absolute Gasteiger partial charge is 0.310 e. The van der Waals surface area contributed by atoms with Gasteiger partial charge < -0.3 is 4.90 Å². The van der Waals surface area contributed by atoms with Crippen LogP contribution < -0.4 is 4.90 Å². The van der Waals surface area contributed by atoms with E-state index in [-0.39, 0.29) is 5.41 Å². The molecule has 1 spiro atoms. The number of hydrogen-bond donors (Lipinski definition) is 0. The summed E-state index contributed by atoms with van der Waals surface area (Å²) in [4.78, 5) is 2.48. The molecular weight excluding hydrogens is 639 g/mol. The molecule has 1 nitrogen and oxygen atoms in total. The van der Waals surface area contributed by atoms with Crippen molar-refractivity contribution in [2.75, 3.05) is 4.90 Å². The van der Waals surface area contributed by atoms with Gasteiger partial charge >= 0.3 is 0 Å². The van der Waals surface area contributed by atoms with E-state index in [0.29, 0.717) is 0 Å². The van der Waals surface area contributed by atoms with Gasteiger partial charge in [0, 0.05) is 22.4 Å². The molecule has 0 radical (unpaired) electrons. The van der Waals surface area contributed by atoms with Crippen LogP contribution >= 0.6 is 0 Å². The number of para-hydroxylation sites is 1. The first-order valence-electron chi connectivity index (χ1n) is 18.7. The molecule has 0 bridgehead atoms. The van der Waals surface area contributed by atoms with E-state index in [1.807, 2.05) is 0 Å². The molecule has 11 rings (SSSR count). The van der Waals surface area contributed by atoms with Crippen LogP contribution in [0.1, 0.15) is 47.2 Å². The third-order valence-corrected chi connectivity index (χ3v) is 12.3. The van der Waals surface area contributed by atoms with Gasteiger partial charge in [-0.3, -0.25) is 0 Å². The summed E-state index contributed by atoms with van der Waals surface area (Å²) >= 11 is 0. The van der Waals surface area contributed by atoms with Gasteiger partial charge in [0.1, 0.15) is 0 Å². The lowest BCUT2D eigenvalue weighted by molar-refractivity contribution is 0.662. The smallest absolute Gasteiger partial charge is 0.0746 e. The minimum atomic E-state index is -0.451. The second kappa shape index (κ2) is 11.0. The third kappa shape index (κ3) is 3.97. The maximum atomic E-state index is 2.48. The molecule has 0 heterocycles. The Morgan fingerprint density at radius 1 is 0.321 bits per heavy atom. The molecule has 0 fully saturated rings. The van der Waals surface area contributed by atoms with Crippen LogP contribution in [0.25, 0.3) is 44.5 Å². The molecular formula is C52H37N. The van der Waals surface area contributed by atoms with Crippen molar-refractivity contribution in [3.63, 3.8) is 0 Å². The summed E-state index contributed by atoms with van der Waals surface area (Å²) in [6.07, 6.45) is 0. The van der Waals surface area contributed by atoms with Gasteiger partial charge in [0.2, 0.25) is 0 Å². The molecule has 0 N–H and O–H groups in total. The lowest BCUT2D eigenvalue weighted by Gasteiger charge is -2.35. The Labute approximate surface area is 311 Å². The van der Waals surface area contributed by atoms with Gasteiger partial charge in [-0.2, -0.15) is 0 Å². The molecule has 0 atom stereocenters. The van der Waals surface area contributed by atoms with Crippen LogP contribution in [0.3, 0.4) is 0 Å².